The third kappa shape index (κ3) is 5.35. The van der Waals surface area contributed by atoms with E-state index >= 15 is 0 Å². The summed E-state index contributed by atoms with van der Waals surface area (Å²) < 4.78 is 39.6. The molecule has 0 saturated heterocycles. The minimum Gasteiger partial charge on any atom is -0.398 e. The van der Waals surface area contributed by atoms with Gasteiger partial charge in [0, 0.05) is 12.2 Å². The van der Waals surface area contributed by atoms with Crippen molar-refractivity contribution in [1.29, 1.82) is 0 Å². The Bertz CT molecular complexity index is 432. The number of carbonyl (C=O) groups excluding carboxylic acids is 1. The zero-order valence-corrected chi connectivity index (χ0v) is 10.5. The van der Waals surface area contributed by atoms with E-state index in [9.17, 15) is 18.0 Å². The van der Waals surface area contributed by atoms with Crippen molar-refractivity contribution in [3.8, 4) is 0 Å². The molecule has 0 unspecified atom stereocenters. The topological polar surface area (TPSA) is 64.4 Å². The molecule has 0 fully saturated rings. The van der Waals surface area contributed by atoms with E-state index in [1.54, 1.807) is 6.07 Å². The van der Waals surface area contributed by atoms with Gasteiger partial charge in [0.15, 0.2) is 0 Å². The maximum Gasteiger partial charge on any atom is 0.411 e. The Labute approximate surface area is 112 Å². The van der Waals surface area contributed by atoms with Crippen LogP contribution in [0.2, 0.25) is 5.02 Å². The molecule has 8 heteroatoms. The Hall–Kier alpha value is -1.47. The summed E-state index contributed by atoms with van der Waals surface area (Å²) in [6.45, 7) is -1.67. The van der Waals surface area contributed by atoms with Gasteiger partial charge in [0.25, 0.3) is 5.91 Å². The second kappa shape index (κ2) is 6.63. The highest BCUT2D eigenvalue weighted by Crippen LogP contribution is 2.21. The zero-order valence-electron chi connectivity index (χ0n) is 9.76. The predicted octanol–water partition coefficient (Wildman–Crippen LogP) is 2.23. The van der Waals surface area contributed by atoms with E-state index in [0.717, 1.165) is 0 Å². The zero-order chi connectivity index (χ0) is 14.5. The highest BCUT2D eigenvalue weighted by Gasteiger charge is 2.27. The fraction of sp³-hybridized carbons (Fsp3) is 0.364. The molecule has 1 rings (SSSR count). The molecule has 0 bridgehead atoms. The molecule has 0 heterocycles. The van der Waals surface area contributed by atoms with Crippen molar-refractivity contribution in [2.24, 2.45) is 0 Å². The van der Waals surface area contributed by atoms with Crippen LogP contribution < -0.4 is 11.1 Å². The third-order valence-electron chi connectivity index (χ3n) is 2.07. The number of carbonyl (C=O) groups is 1. The Morgan fingerprint density at radius 1 is 1.42 bits per heavy atom. The van der Waals surface area contributed by atoms with Crippen molar-refractivity contribution in [3.05, 3.63) is 28.8 Å². The number of hydrogen-bond donors (Lipinski definition) is 2. The summed E-state index contributed by atoms with van der Waals surface area (Å²) in [5.41, 5.74) is 5.88. The molecule has 1 aromatic rings. The number of benzene rings is 1. The fourth-order valence-corrected chi connectivity index (χ4v) is 1.56. The van der Waals surface area contributed by atoms with Crippen LogP contribution in [0.3, 0.4) is 0 Å². The summed E-state index contributed by atoms with van der Waals surface area (Å²) in [5, 5.41) is 2.55. The molecule has 0 aromatic heterocycles. The number of rotatable bonds is 5. The van der Waals surface area contributed by atoms with Crippen molar-refractivity contribution in [2.75, 3.05) is 25.5 Å². The quantitative estimate of drug-likeness (QED) is 0.647. The molecule has 0 aliphatic heterocycles. The number of alkyl halides is 3. The highest BCUT2D eigenvalue weighted by atomic mass is 35.5. The minimum absolute atomic E-state index is 0.0699. The van der Waals surface area contributed by atoms with Gasteiger partial charge in [0.1, 0.15) is 6.61 Å². The monoisotopic (exact) mass is 296 g/mol. The van der Waals surface area contributed by atoms with Crippen molar-refractivity contribution in [1.82, 2.24) is 5.32 Å². The van der Waals surface area contributed by atoms with E-state index in [2.05, 4.69) is 10.1 Å². The molecular formula is C11H12ClF3N2O2. The second-order valence-corrected chi connectivity index (χ2v) is 4.03. The molecule has 19 heavy (non-hydrogen) atoms. The first-order valence-electron chi connectivity index (χ1n) is 5.28. The molecule has 4 nitrogen and oxygen atoms in total. The van der Waals surface area contributed by atoms with Crippen molar-refractivity contribution in [2.45, 2.75) is 6.18 Å². The molecule has 0 spiro atoms. The lowest BCUT2D eigenvalue weighted by Crippen LogP contribution is -2.29. The molecule has 1 aromatic carbocycles. The van der Waals surface area contributed by atoms with Gasteiger partial charge in [-0.3, -0.25) is 4.79 Å². The van der Waals surface area contributed by atoms with Crippen LogP contribution in [0.25, 0.3) is 0 Å². The molecule has 0 aliphatic rings. The summed E-state index contributed by atoms with van der Waals surface area (Å²) >= 11 is 5.80. The Morgan fingerprint density at radius 2 is 2.11 bits per heavy atom. The van der Waals surface area contributed by atoms with Crippen LogP contribution in [0.5, 0.6) is 0 Å². The van der Waals surface area contributed by atoms with E-state index in [1.807, 2.05) is 0 Å². The number of amides is 1. The smallest absolute Gasteiger partial charge is 0.398 e. The average Bonchev–Trinajstić information content (AvgIpc) is 2.26. The largest absolute Gasteiger partial charge is 0.411 e. The van der Waals surface area contributed by atoms with Gasteiger partial charge < -0.3 is 15.8 Å². The first-order chi connectivity index (χ1) is 8.81. The van der Waals surface area contributed by atoms with E-state index in [-0.39, 0.29) is 29.4 Å². The Kier molecular flexibility index (Phi) is 5.44. The number of ether oxygens (including phenoxy) is 1. The first-order valence-corrected chi connectivity index (χ1v) is 5.66. The summed E-state index contributed by atoms with van der Waals surface area (Å²) in [4.78, 5) is 11.7. The van der Waals surface area contributed by atoms with Gasteiger partial charge in [-0.2, -0.15) is 13.2 Å². The SMILES string of the molecule is Nc1cccc(Cl)c1C(=O)NCCOCC(F)(F)F. The van der Waals surface area contributed by atoms with E-state index in [0.29, 0.717) is 0 Å². The van der Waals surface area contributed by atoms with Crippen LogP contribution in [-0.4, -0.2) is 31.8 Å². The van der Waals surface area contributed by atoms with Crippen LogP contribution in [0.1, 0.15) is 10.4 Å². The fourth-order valence-electron chi connectivity index (χ4n) is 1.29. The van der Waals surface area contributed by atoms with Crippen molar-refractivity contribution < 1.29 is 22.7 Å². The van der Waals surface area contributed by atoms with Gasteiger partial charge in [0.2, 0.25) is 0 Å². The molecular weight excluding hydrogens is 285 g/mol. The molecule has 0 radical (unpaired) electrons. The van der Waals surface area contributed by atoms with E-state index < -0.39 is 18.7 Å². The van der Waals surface area contributed by atoms with Gasteiger partial charge in [-0.1, -0.05) is 17.7 Å². The number of nitrogen functional groups attached to an aromatic ring is 1. The molecule has 106 valence electrons. The second-order valence-electron chi connectivity index (χ2n) is 3.63. The minimum atomic E-state index is -4.38. The summed E-state index contributed by atoms with van der Waals surface area (Å²) in [6.07, 6.45) is -4.38. The van der Waals surface area contributed by atoms with Crippen LogP contribution in [-0.2, 0) is 4.74 Å². The van der Waals surface area contributed by atoms with Gasteiger partial charge >= 0.3 is 6.18 Å². The summed E-state index contributed by atoms with van der Waals surface area (Å²) in [7, 11) is 0. The summed E-state index contributed by atoms with van der Waals surface area (Å²) in [6, 6.07) is 4.58. The number of anilines is 1. The lowest BCUT2D eigenvalue weighted by molar-refractivity contribution is -0.173. The van der Waals surface area contributed by atoms with Crippen LogP contribution in [0, 0.1) is 0 Å². The highest BCUT2D eigenvalue weighted by molar-refractivity contribution is 6.34. The standard InChI is InChI=1S/C11H12ClF3N2O2/c12-7-2-1-3-8(16)9(7)10(18)17-4-5-19-6-11(13,14)15/h1-3H,4-6,16H2,(H,17,18). The summed E-state index contributed by atoms with van der Waals surface area (Å²) in [5.74, 6) is -0.557. The number of halogens is 4. The first kappa shape index (κ1) is 15.6. The van der Waals surface area contributed by atoms with Crippen LogP contribution in [0.4, 0.5) is 18.9 Å². The van der Waals surface area contributed by atoms with Crippen molar-refractivity contribution in [3.63, 3.8) is 0 Å². The lowest BCUT2D eigenvalue weighted by atomic mass is 10.1. The molecule has 3 N–H and O–H groups in total. The Balaban J connectivity index is 2.40. The maximum absolute atomic E-state index is 11.8. The number of nitrogens with one attached hydrogen (secondary N) is 1. The van der Waals surface area contributed by atoms with Crippen LogP contribution in [0.15, 0.2) is 18.2 Å². The van der Waals surface area contributed by atoms with Gasteiger partial charge in [0.05, 0.1) is 17.2 Å². The molecule has 0 atom stereocenters. The predicted molar refractivity (Wildman–Crippen MR) is 65.1 cm³/mol. The molecule has 0 saturated carbocycles. The average molecular weight is 297 g/mol. The maximum atomic E-state index is 11.8. The number of nitrogens with two attached hydrogens (primary N) is 1. The van der Waals surface area contributed by atoms with E-state index in [4.69, 9.17) is 17.3 Å². The van der Waals surface area contributed by atoms with Crippen molar-refractivity contribution >= 4 is 23.2 Å². The lowest BCUT2D eigenvalue weighted by Gasteiger charge is -2.10. The Morgan fingerprint density at radius 3 is 2.68 bits per heavy atom. The third-order valence-corrected chi connectivity index (χ3v) is 2.39. The van der Waals surface area contributed by atoms with Crippen LogP contribution >= 0.6 is 11.6 Å². The van der Waals surface area contributed by atoms with Gasteiger partial charge in [-0.05, 0) is 12.1 Å². The van der Waals surface area contributed by atoms with E-state index in [1.165, 1.54) is 12.1 Å². The molecule has 1 amide bonds. The number of hydrogen-bond acceptors (Lipinski definition) is 3. The normalized spacial score (nSPS) is 11.4. The van der Waals surface area contributed by atoms with Gasteiger partial charge in [-0.15, -0.1) is 0 Å². The molecule has 0 aliphatic carbocycles. The van der Waals surface area contributed by atoms with Gasteiger partial charge in [-0.25, -0.2) is 0 Å².